The van der Waals surface area contributed by atoms with Gasteiger partial charge in [0.25, 0.3) is 0 Å². The maximum Gasteiger partial charge on any atom is 0.336 e. The molecule has 5 heteroatoms. The molecule has 0 bridgehead atoms. The van der Waals surface area contributed by atoms with Crippen molar-refractivity contribution in [3.05, 3.63) is 58.1 Å². The van der Waals surface area contributed by atoms with Gasteiger partial charge in [0, 0.05) is 18.3 Å². The molecule has 2 aromatic carbocycles. The third-order valence-electron chi connectivity index (χ3n) is 2.88. The van der Waals surface area contributed by atoms with Crippen LogP contribution < -0.4 is 10.1 Å². The fourth-order valence-corrected chi connectivity index (χ4v) is 2.26. The zero-order valence-electron chi connectivity index (χ0n) is 10.9. The van der Waals surface area contributed by atoms with E-state index < -0.39 is 5.97 Å². The molecule has 0 aliphatic heterocycles. The van der Waals surface area contributed by atoms with E-state index in [1.807, 2.05) is 24.3 Å². The van der Waals surface area contributed by atoms with Crippen LogP contribution in [0.5, 0.6) is 5.75 Å². The number of benzene rings is 2. The van der Waals surface area contributed by atoms with Crippen LogP contribution in [0.25, 0.3) is 0 Å². The molecule has 4 nitrogen and oxygen atoms in total. The van der Waals surface area contributed by atoms with E-state index in [9.17, 15) is 4.79 Å². The molecule has 0 saturated carbocycles. The van der Waals surface area contributed by atoms with Gasteiger partial charge in [-0.15, -0.1) is 0 Å². The highest BCUT2D eigenvalue weighted by Crippen LogP contribution is 2.28. The van der Waals surface area contributed by atoms with Gasteiger partial charge in [-0.05, 0) is 39.7 Å². The molecule has 0 spiro atoms. The van der Waals surface area contributed by atoms with Crippen molar-refractivity contribution >= 4 is 27.6 Å². The van der Waals surface area contributed by atoms with Gasteiger partial charge < -0.3 is 15.2 Å². The lowest BCUT2D eigenvalue weighted by molar-refractivity contribution is 0.0696. The normalized spacial score (nSPS) is 10.1. The Labute approximate surface area is 125 Å². The zero-order valence-corrected chi connectivity index (χ0v) is 12.5. The summed E-state index contributed by atoms with van der Waals surface area (Å²) >= 11 is 3.39. The molecule has 0 fully saturated rings. The van der Waals surface area contributed by atoms with E-state index in [0.717, 1.165) is 21.5 Å². The maximum absolute atomic E-state index is 11.1. The van der Waals surface area contributed by atoms with Crippen molar-refractivity contribution in [3.63, 3.8) is 0 Å². The van der Waals surface area contributed by atoms with E-state index in [1.165, 1.54) is 0 Å². The Balaban J connectivity index is 2.15. The number of ether oxygens (including phenoxy) is 1. The van der Waals surface area contributed by atoms with Crippen LogP contribution in [0.15, 0.2) is 46.9 Å². The minimum absolute atomic E-state index is 0.309. The Bertz CT molecular complexity index is 628. The van der Waals surface area contributed by atoms with Crippen molar-refractivity contribution in [2.75, 3.05) is 12.4 Å². The summed E-state index contributed by atoms with van der Waals surface area (Å²) in [5.41, 5.74) is 1.91. The van der Waals surface area contributed by atoms with E-state index >= 15 is 0 Å². The van der Waals surface area contributed by atoms with Crippen molar-refractivity contribution in [1.29, 1.82) is 0 Å². The largest absolute Gasteiger partial charge is 0.495 e. The average Bonchev–Trinajstić information content (AvgIpc) is 2.46. The summed E-state index contributed by atoms with van der Waals surface area (Å²) in [5.74, 6) is -0.197. The van der Waals surface area contributed by atoms with Crippen molar-refractivity contribution in [2.45, 2.75) is 6.54 Å². The number of anilines is 1. The summed E-state index contributed by atoms with van der Waals surface area (Å²) in [5, 5.41) is 12.3. The van der Waals surface area contributed by atoms with Gasteiger partial charge in [0.15, 0.2) is 0 Å². The molecule has 0 aromatic heterocycles. The first-order chi connectivity index (χ1) is 9.61. The molecule has 0 heterocycles. The minimum Gasteiger partial charge on any atom is -0.495 e. The monoisotopic (exact) mass is 335 g/mol. The number of carbonyl (C=O) groups is 1. The second-order valence-electron chi connectivity index (χ2n) is 4.17. The van der Waals surface area contributed by atoms with Gasteiger partial charge in [-0.2, -0.15) is 0 Å². The molecule has 0 unspecified atom stereocenters. The fourth-order valence-electron chi connectivity index (χ4n) is 1.85. The van der Waals surface area contributed by atoms with Gasteiger partial charge in [0.1, 0.15) is 5.75 Å². The second-order valence-corrected chi connectivity index (χ2v) is 5.02. The fraction of sp³-hybridized carbons (Fsp3) is 0.133. The van der Waals surface area contributed by atoms with E-state index in [1.54, 1.807) is 25.3 Å². The highest BCUT2D eigenvalue weighted by Gasteiger charge is 2.09. The molecule has 20 heavy (non-hydrogen) atoms. The first kappa shape index (κ1) is 14.4. The zero-order chi connectivity index (χ0) is 14.5. The van der Waals surface area contributed by atoms with Crippen LogP contribution >= 0.6 is 15.9 Å². The molecule has 0 radical (unpaired) electrons. The van der Waals surface area contributed by atoms with E-state index in [2.05, 4.69) is 21.2 Å². The lowest BCUT2D eigenvalue weighted by Gasteiger charge is -2.11. The smallest absolute Gasteiger partial charge is 0.336 e. The van der Waals surface area contributed by atoms with Crippen molar-refractivity contribution < 1.29 is 14.6 Å². The summed E-state index contributed by atoms with van der Waals surface area (Å²) in [6.07, 6.45) is 0. The van der Waals surface area contributed by atoms with Gasteiger partial charge in [-0.3, -0.25) is 0 Å². The number of methoxy groups -OCH3 is 1. The van der Waals surface area contributed by atoms with Gasteiger partial charge in [-0.1, -0.05) is 18.2 Å². The summed E-state index contributed by atoms with van der Waals surface area (Å²) in [7, 11) is 1.60. The number of carboxylic acid groups (broad SMARTS) is 1. The van der Waals surface area contributed by atoms with Crippen LogP contribution in [0.1, 0.15) is 15.9 Å². The van der Waals surface area contributed by atoms with Crippen LogP contribution in [0.2, 0.25) is 0 Å². The van der Waals surface area contributed by atoms with Crippen LogP contribution in [0.4, 0.5) is 5.69 Å². The van der Waals surface area contributed by atoms with Gasteiger partial charge in [-0.25, -0.2) is 4.79 Å². The van der Waals surface area contributed by atoms with Gasteiger partial charge in [0.2, 0.25) is 0 Å². The Morgan fingerprint density at radius 2 is 2.05 bits per heavy atom. The molecule has 0 aliphatic rings. The lowest BCUT2D eigenvalue weighted by Crippen LogP contribution is -2.07. The molecule has 0 atom stereocenters. The van der Waals surface area contributed by atoms with E-state index in [-0.39, 0.29) is 0 Å². The van der Waals surface area contributed by atoms with Crippen molar-refractivity contribution in [3.8, 4) is 5.75 Å². The quantitative estimate of drug-likeness (QED) is 0.873. The van der Waals surface area contributed by atoms with Crippen LogP contribution in [-0.2, 0) is 6.54 Å². The van der Waals surface area contributed by atoms with Gasteiger partial charge in [0.05, 0.1) is 17.1 Å². The topological polar surface area (TPSA) is 58.6 Å². The van der Waals surface area contributed by atoms with Crippen LogP contribution in [0, 0.1) is 0 Å². The molecule has 0 saturated heterocycles. The summed E-state index contributed by atoms with van der Waals surface area (Å²) < 4.78 is 6.09. The van der Waals surface area contributed by atoms with E-state index in [4.69, 9.17) is 9.84 Å². The van der Waals surface area contributed by atoms with Crippen LogP contribution in [-0.4, -0.2) is 18.2 Å². The first-order valence-corrected chi connectivity index (χ1v) is 6.79. The first-order valence-electron chi connectivity index (χ1n) is 6.00. The van der Waals surface area contributed by atoms with E-state index in [0.29, 0.717) is 12.1 Å². The SMILES string of the molecule is COc1cc(NCc2ccccc2C(=O)O)ccc1Br. The average molecular weight is 336 g/mol. The molecule has 104 valence electrons. The number of carboxylic acids is 1. The summed E-state index contributed by atoms with van der Waals surface area (Å²) in [6, 6.07) is 12.6. The maximum atomic E-state index is 11.1. The summed E-state index contributed by atoms with van der Waals surface area (Å²) in [6.45, 7) is 0.438. The molecule has 2 rings (SSSR count). The Kier molecular flexibility index (Phi) is 4.63. The molecular weight excluding hydrogens is 322 g/mol. The predicted molar refractivity (Wildman–Crippen MR) is 81.4 cm³/mol. The molecule has 0 aliphatic carbocycles. The van der Waals surface area contributed by atoms with Gasteiger partial charge >= 0.3 is 5.97 Å². The third-order valence-corrected chi connectivity index (χ3v) is 3.54. The molecular formula is C15H14BrNO3. The number of halogens is 1. The Hall–Kier alpha value is -2.01. The van der Waals surface area contributed by atoms with Crippen molar-refractivity contribution in [1.82, 2.24) is 0 Å². The Morgan fingerprint density at radius 3 is 2.75 bits per heavy atom. The molecule has 0 amide bonds. The number of hydrogen-bond donors (Lipinski definition) is 2. The van der Waals surface area contributed by atoms with Crippen LogP contribution in [0.3, 0.4) is 0 Å². The number of hydrogen-bond acceptors (Lipinski definition) is 3. The van der Waals surface area contributed by atoms with Crippen molar-refractivity contribution in [2.24, 2.45) is 0 Å². The summed E-state index contributed by atoms with van der Waals surface area (Å²) in [4.78, 5) is 11.1. The third kappa shape index (κ3) is 3.30. The predicted octanol–water partition coefficient (Wildman–Crippen LogP) is 3.77. The second kappa shape index (κ2) is 6.43. The minimum atomic E-state index is -0.921. The number of aromatic carboxylic acids is 1. The lowest BCUT2D eigenvalue weighted by atomic mass is 10.1. The highest BCUT2D eigenvalue weighted by atomic mass is 79.9. The molecule has 2 N–H and O–H groups in total. The standard InChI is InChI=1S/C15H14BrNO3/c1-20-14-8-11(6-7-13(14)16)17-9-10-4-2-3-5-12(10)15(18)19/h2-8,17H,9H2,1H3,(H,18,19). The Morgan fingerprint density at radius 1 is 1.30 bits per heavy atom. The molecule has 2 aromatic rings. The number of rotatable bonds is 5. The number of nitrogens with one attached hydrogen (secondary N) is 1. The highest BCUT2D eigenvalue weighted by molar-refractivity contribution is 9.10.